The van der Waals surface area contributed by atoms with Crippen molar-refractivity contribution in [1.82, 2.24) is 5.32 Å². The first kappa shape index (κ1) is 14.5. The summed E-state index contributed by atoms with van der Waals surface area (Å²) in [5.74, 6) is -0.222. The van der Waals surface area contributed by atoms with Crippen LogP contribution < -0.4 is 5.32 Å². The van der Waals surface area contributed by atoms with Crippen LogP contribution in [0.3, 0.4) is 0 Å². The van der Waals surface area contributed by atoms with Crippen LogP contribution in [0.25, 0.3) is 0 Å². The van der Waals surface area contributed by atoms with Gasteiger partial charge in [-0.25, -0.2) is 4.39 Å². The lowest BCUT2D eigenvalue weighted by molar-refractivity contribution is 0.506. The maximum atomic E-state index is 13.8. The number of halogens is 2. The molecular weight excluding hydrogens is 281 g/mol. The summed E-state index contributed by atoms with van der Waals surface area (Å²) in [6.07, 6.45) is 1.50. The normalized spacial score (nSPS) is 12.6. The molecule has 19 heavy (non-hydrogen) atoms. The van der Waals surface area contributed by atoms with Gasteiger partial charge in [0, 0.05) is 16.6 Å². The van der Waals surface area contributed by atoms with Gasteiger partial charge in [0.05, 0.1) is 0 Å². The summed E-state index contributed by atoms with van der Waals surface area (Å²) in [5.41, 5.74) is 1.88. The second-order valence-electron chi connectivity index (χ2n) is 4.49. The molecule has 0 amide bonds. The van der Waals surface area contributed by atoms with Crippen LogP contribution in [0, 0.1) is 5.82 Å². The van der Waals surface area contributed by atoms with Crippen molar-refractivity contribution < 1.29 is 4.39 Å². The third-order valence-electron chi connectivity index (χ3n) is 3.07. The number of hydrogen-bond acceptors (Lipinski definition) is 2. The average molecular weight is 298 g/mol. The maximum absolute atomic E-state index is 13.8. The monoisotopic (exact) mass is 297 g/mol. The van der Waals surface area contributed by atoms with Crippen molar-refractivity contribution in [3.8, 4) is 0 Å². The Morgan fingerprint density at radius 2 is 2.16 bits per heavy atom. The van der Waals surface area contributed by atoms with Gasteiger partial charge in [-0.05, 0) is 53.9 Å². The first-order valence-corrected chi connectivity index (χ1v) is 7.70. The van der Waals surface area contributed by atoms with Crippen molar-refractivity contribution in [3.05, 3.63) is 57.0 Å². The van der Waals surface area contributed by atoms with E-state index in [1.54, 1.807) is 23.5 Å². The van der Waals surface area contributed by atoms with Crippen molar-refractivity contribution in [2.45, 2.75) is 25.8 Å². The van der Waals surface area contributed by atoms with Crippen molar-refractivity contribution in [2.75, 3.05) is 6.54 Å². The molecule has 0 aliphatic heterocycles. The van der Waals surface area contributed by atoms with E-state index in [1.807, 2.05) is 0 Å². The predicted molar refractivity (Wildman–Crippen MR) is 80.6 cm³/mol. The van der Waals surface area contributed by atoms with Crippen LogP contribution in [0.4, 0.5) is 4.39 Å². The SMILES string of the molecule is CCNC(Cc1ccsc1)Cc1c(F)cccc1Cl. The van der Waals surface area contributed by atoms with E-state index in [0.717, 1.165) is 13.0 Å². The summed E-state index contributed by atoms with van der Waals surface area (Å²) in [4.78, 5) is 0. The second-order valence-corrected chi connectivity index (χ2v) is 5.68. The topological polar surface area (TPSA) is 12.0 Å². The maximum Gasteiger partial charge on any atom is 0.127 e. The van der Waals surface area contributed by atoms with E-state index in [-0.39, 0.29) is 11.9 Å². The fourth-order valence-corrected chi connectivity index (χ4v) is 3.09. The summed E-state index contributed by atoms with van der Waals surface area (Å²) in [6, 6.07) is 7.16. The molecule has 0 bridgehead atoms. The third-order valence-corrected chi connectivity index (χ3v) is 4.15. The van der Waals surface area contributed by atoms with E-state index >= 15 is 0 Å². The fraction of sp³-hybridized carbons (Fsp3) is 0.333. The molecule has 0 spiro atoms. The van der Waals surface area contributed by atoms with E-state index in [9.17, 15) is 4.39 Å². The van der Waals surface area contributed by atoms with Gasteiger partial charge in [0.1, 0.15) is 5.82 Å². The predicted octanol–water partition coefficient (Wildman–Crippen LogP) is 4.30. The van der Waals surface area contributed by atoms with Crippen molar-refractivity contribution in [3.63, 3.8) is 0 Å². The van der Waals surface area contributed by atoms with Crippen LogP contribution in [-0.4, -0.2) is 12.6 Å². The van der Waals surface area contributed by atoms with Gasteiger partial charge in [-0.1, -0.05) is 24.6 Å². The Labute approximate surface area is 122 Å². The number of nitrogens with one attached hydrogen (secondary N) is 1. The number of benzene rings is 1. The summed E-state index contributed by atoms with van der Waals surface area (Å²) >= 11 is 7.77. The van der Waals surface area contributed by atoms with Crippen molar-refractivity contribution >= 4 is 22.9 Å². The molecule has 4 heteroatoms. The quantitative estimate of drug-likeness (QED) is 0.838. The second kappa shape index (κ2) is 7.04. The fourth-order valence-electron chi connectivity index (χ4n) is 2.17. The molecule has 1 atom stereocenters. The highest BCUT2D eigenvalue weighted by Gasteiger charge is 2.15. The molecule has 1 N–H and O–H groups in total. The Hall–Kier alpha value is -0.900. The van der Waals surface area contributed by atoms with Crippen LogP contribution in [0.15, 0.2) is 35.0 Å². The Morgan fingerprint density at radius 3 is 2.79 bits per heavy atom. The largest absolute Gasteiger partial charge is 0.314 e. The molecule has 2 aromatic rings. The lowest BCUT2D eigenvalue weighted by Gasteiger charge is -2.18. The molecule has 2 rings (SSSR count). The van der Waals surface area contributed by atoms with E-state index in [0.29, 0.717) is 17.0 Å². The highest BCUT2D eigenvalue weighted by molar-refractivity contribution is 7.07. The molecular formula is C15H17ClFNS. The first-order chi connectivity index (χ1) is 9.20. The van der Waals surface area contributed by atoms with E-state index in [4.69, 9.17) is 11.6 Å². The minimum atomic E-state index is -0.222. The zero-order chi connectivity index (χ0) is 13.7. The van der Waals surface area contributed by atoms with Gasteiger partial charge >= 0.3 is 0 Å². The van der Waals surface area contributed by atoms with Gasteiger partial charge in [-0.3, -0.25) is 0 Å². The molecule has 0 radical (unpaired) electrons. The summed E-state index contributed by atoms with van der Waals surface area (Å²) in [5, 5.41) is 8.11. The van der Waals surface area contributed by atoms with Crippen LogP contribution in [0.5, 0.6) is 0 Å². The Balaban J connectivity index is 2.12. The average Bonchev–Trinajstić information content (AvgIpc) is 2.87. The summed E-state index contributed by atoms with van der Waals surface area (Å²) < 4.78 is 13.8. The van der Waals surface area contributed by atoms with Gasteiger partial charge in [0.2, 0.25) is 0 Å². The lowest BCUT2D eigenvalue weighted by Crippen LogP contribution is -2.33. The highest BCUT2D eigenvalue weighted by Crippen LogP contribution is 2.21. The standard InChI is InChI=1S/C15H17ClFNS/c1-2-18-12(8-11-6-7-19-10-11)9-13-14(16)4-3-5-15(13)17/h3-7,10,12,18H,2,8-9H2,1H3. The van der Waals surface area contributed by atoms with Gasteiger partial charge < -0.3 is 5.32 Å². The van der Waals surface area contributed by atoms with E-state index < -0.39 is 0 Å². The molecule has 0 aliphatic carbocycles. The Kier molecular flexibility index (Phi) is 5.37. The molecule has 1 aromatic carbocycles. The molecule has 102 valence electrons. The zero-order valence-corrected chi connectivity index (χ0v) is 12.4. The number of likely N-dealkylation sites (N-methyl/N-ethyl adjacent to an activating group) is 1. The highest BCUT2D eigenvalue weighted by atomic mass is 35.5. The van der Waals surface area contributed by atoms with E-state index in [1.165, 1.54) is 11.6 Å². The molecule has 1 aromatic heterocycles. The van der Waals surface area contributed by atoms with Gasteiger partial charge in [0.15, 0.2) is 0 Å². The zero-order valence-electron chi connectivity index (χ0n) is 10.8. The molecule has 0 fully saturated rings. The van der Waals surface area contributed by atoms with Gasteiger partial charge in [0.25, 0.3) is 0 Å². The molecule has 0 saturated carbocycles. The van der Waals surface area contributed by atoms with Crippen LogP contribution >= 0.6 is 22.9 Å². The minimum Gasteiger partial charge on any atom is -0.314 e. The lowest BCUT2D eigenvalue weighted by atomic mass is 10.00. The molecule has 1 unspecified atom stereocenters. The van der Waals surface area contributed by atoms with Crippen LogP contribution in [0.1, 0.15) is 18.1 Å². The molecule has 1 nitrogen and oxygen atoms in total. The number of rotatable bonds is 6. The molecule has 0 saturated heterocycles. The van der Waals surface area contributed by atoms with E-state index in [2.05, 4.69) is 29.1 Å². The van der Waals surface area contributed by atoms with Crippen molar-refractivity contribution in [2.24, 2.45) is 0 Å². The Morgan fingerprint density at radius 1 is 1.32 bits per heavy atom. The summed E-state index contributed by atoms with van der Waals surface area (Å²) in [7, 11) is 0. The van der Waals surface area contributed by atoms with Crippen LogP contribution in [0.2, 0.25) is 5.02 Å². The van der Waals surface area contributed by atoms with Crippen molar-refractivity contribution in [1.29, 1.82) is 0 Å². The van der Waals surface area contributed by atoms with Crippen LogP contribution in [-0.2, 0) is 12.8 Å². The third kappa shape index (κ3) is 4.03. The summed E-state index contributed by atoms with van der Waals surface area (Å²) in [6.45, 7) is 2.92. The number of hydrogen-bond donors (Lipinski definition) is 1. The first-order valence-electron chi connectivity index (χ1n) is 6.38. The minimum absolute atomic E-state index is 0.203. The van der Waals surface area contributed by atoms with Gasteiger partial charge in [-0.15, -0.1) is 0 Å². The smallest absolute Gasteiger partial charge is 0.127 e. The molecule has 0 aliphatic rings. The number of thiophene rings is 1. The molecule has 1 heterocycles. The van der Waals surface area contributed by atoms with Gasteiger partial charge in [-0.2, -0.15) is 11.3 Å². The Bertz CT molecular complexity index is 493.